The maximum atomic E-state index is 10.7. The zero-order chi connectivity index (χ0) is 15.7. The predicted octanol–water partition coefficient (Wildman–Crippen LogP) is 3.14. The van der Waals surface area contributed by atoms with Crippen molar-refractivity contribution in [3.63, 3.8) is 0 Å². The van der Waals surface area contributed by atoms with Gasteiger partial charge in [0.1, 0.15) is 11.5 Å². The number of rotatable bonds is 4. The van der Waals surface area contributed by atoms with Crippen LogP contribution in [0.3, 0.4) is 0 Å². The van der Waals surface area contributed by atoms with E-state index in [1.54, 1.807) is 25.4 Å². The highest BCUT2D eigenvalue weighted by atomic mass is 16.5. The summed E-state index contributed by atoms with van der Waals surface area (Å²) in [5.74, 6) is 2.12. The van der Waals surface area contributed by atoms with E-state index in [0.717, 1.165) is 23.5 Å². The Hall–Kier alpha value is -2.56. The van der Waals surface area contributed by atoms with Crippen molar-refractivity contribution in [2.24, 2.45) is 0 Å². The Kier molecular flexibility index (Phi) is 3.48. The second-order valence-corrected chi connectivity index (χ2v) is 6.00. The molecule has 1 aliphatic heterocycles. The summed E-state index contributed by atoms with van der Waals surface area (Å²) in [6.07, 6.45) is 2.34. The summed E-state index contributed by atoms with van der Waals surface area (Å²) in [6.45, 7) is 4.96. The standard InChI is InChI=1S/C17H18N2O3/c1-17(2)10-21-15-6-5-13(8-14(15)17)22-16-7-4-12(9-18-16)19(3)11-20/h4-9,11H,10H2,1-3H3. The first kappa shape index (κ1) is 14.4. The number of anilines is 1. The van der Waals surface area contributed by atoms with E-state index in [4.69, 9.17) is 9.47 Å². The first-order valence-corrected chi connectivity index (χ1v) is 7.09. The molecule has 0 unspecified atom stereocenters. The second-order valence-electron chi connectivity index (χ2n) is 6.00. The molecule has 1 amide bonds. The van der Waals surface area contributed by atoms with Crippen molar-refractivity contribution in [3.05, 3.63) is 42.1 Å². The minimum absolute atomic E-state index is 0.0152. The molecule has 0 bridgehead atoms. The minimum Gasteiger partial charge on any atom is -0.492 e. The maximum Gasteiger partial charge on any atom is 0.219 e. The summed E-state index contributed by atoms with van der Waals surface area (Å²) in [4.78, 5) is 16.4. The van der Waals surface area contributed by atoms with E-state index in [1.165, 1.54) is 4.90 Å². The zero-order valence-electron chi connectivity index (χ0n) is 12.9. The fourth-order valence-electron chi connectivity index (χ4n) is 2.39. The Morgan fingerprint density at radius 3 is 2.82 bits per heavy atom. The van der Waals surface area contributed by atoms with Crippen LogP contribution in [0.25, 0.3) is 0 Å². The number of carbonyl (C=O) groups excluding carboxylic acids is 1. The largest absolute Gasteiger partial charge is 0.492 e. The van der Waals surface area contributed by atoms with Gasteiger partial charge in [-0.25, -0.2) is 4.98 Å². The van der Waals surface area contributed by atoms with Crippen LogP contribution in [0.2, 0.25) is 0 Å². The number of pyridine rings is 1. The predicted molar refractivity (Wildman–Crippen MR) is 83.7 cm³/mol. The Bertz CT molecular complexity index is 696. The maximum absolute atomic E-state index is 10.7. The van der Waals surface area contributed by atoms with Gasteiger partial charge in [-0.05, 0) is 24.3 Å². The summed E-state index contributed by atoms with van der Waals surface area (Å²) in [5.41, 5.74) is 1.84. The van der Waals surface area contributed by atoms with Gasteiger partial charge in [-0.3, -0.25) is 4.79 Å². The van der Waals surface area contributed by atoms with Gasteiger partial charge in [-0.15, -0.1) is 0 Å². The molecule has 114 valence electrons. The SMILES string of the molecule is CN(C=O)c1ccc(Oc2ccc3c(c2)C(C)(C)CO3)nc1. The highest BCUT2D eigenvalue weighted by Crippen LogP contribution is 2.40. The third-order valence-corrected chi connectivity index (χ3v) is 3.78. The lowest BCUT2D eigenvalue weighted by Gasteiger charge is -2.16. The normalized spacial score (nSPS) is 14.9. The van der Waals surface area contributed by atoms with Gasteiger partial charge >= 0.3 is 0 Å². The van der Waals surface area contributed by atoms with Gasteiger partial charge in [0, 0.05) is 24.1 Å². The van der Waals surface area contributed by atoms with Crippen LogP contribution in [0.15, 0.2) is 36.5 Å². The van der Waals surface area contributed by atoms with Crippen LogP contribution < -0.4 is 14.4 Å². The van der Waals surface area contributed by atoms with Crippen molar-refractivity contribution in [1.29, 1.82) is 0 Å². The first-order chi connectivity index (χ1) is 10.5. The van der Waals surface area contributed by atoms with Crippen molar-refractivity contribution < 1.29 is 14.3 Å². The lowest BCUT2D eigenvalue weighted by atomic mass is 9.87. The highest BCUT2D eigenvalue weighted by Gasteiger charge is 2.32. The second kappa shape index (κ2) is 5.33. The number of nitrogens with zero attached hydrogens (tertiary/aromatic N) is 2. The molecule has 0 radical (unpaired) electrons. The Morgan fingerprint density at radius 2 is 2.14 bits per heavy atom. The quantitative estimate of drug-likeness (QED) is 0.814. The van der Waals surface area contributed by atoms with Crippen LogP contribution in [0, 0.1) is 0 Å². The van der Waals surface area contributed by atoms with E-state index in [1.807, 2.05) is 18.2 Å². The van der Waals surface area contributed by atoms with E-state index in [0.29, 0.717) is 18.2 Å². The number of amides is 1. The van der Waals surface area contributed by atoms with Crippen molar-refractivity contribution in [1.82, 2.24) is 4.98 Å². The number of hydrogen-bond acceptors (Lipinski definition) is 4. The molecule has 0 N–H and O–H groups in total. The third-order valence-electron chi connectivity index (χ3n) is 3.78. The van der Waals surface area contributed by atoms with Crippen molar-refractivity contribution >= 4 is 12.1 Å². The van der Waals surface area contributed by atoms with Gasteiger partial charge in [-0.2, -0.15) is 0 Å². The van der Waals surface area contributed by atoms with Crippen LogP contribution in [-0.2, 0) is 10.2 Å². The molecule has 2 aromatic rings. The van der Waals surface area contributed by atoms with E-state index < -0.39 is 0 Å². The van der Waals surface area contributed by atoms with Gasteiger partial charge in [0.15, 0.2) is 0 Å². The summed E-state index contributed by atoms with van der Waals surface area (Å²) < 4.78 is 11.5. The molecule has 5 nitrogen and oxygen atoms in total. The molecule has 0 spiro atoms. The smallest absolute Gasteiger partial charge is 0.219 e. The molecule has 0 aliphatic carbocycles. The number of hydrogen-bond donors (Lipinski definition) is 0. The summed E-state index contributed by atoms with van der Waals surface area (Å²) in [6, 6.07) is 9.32. The average Bonchev–Trinajstić information content (AvgIpc) is 2.83. The van der Waals surface area contributed by atoms with Gasteiger partial charge in [0.2, 0.25) is 12.3 Å². The number of carbonyl (C=O) groups is 1. The van der Waals surface area contributed by atoms with Crippen LogP contribution in [0.1, 0.15) is 19.4 Å². The van der Waals surface area contributed by atoms with Gasteiger partial charge in [-0.1, -0.05) is 13.8 Å². The van der Waals surface area contributed by atoms with E-state index >= 15 is 0 Å². The molecule has 0 saturated heterocycles. The van der Waals surface area contributed by atoms with Crippen molar-refractivity contribution in [2.75, 3.05) is 18.6 Å². The number of ether oxygens (including phenoxy) is 2. The Balaban J connectivity index is 1.81. The first-order valence-electron chi connectivity index (χ1n) is 7.09. The fourth-order valence-corrected chi connectivity index (χ4v) is 2.39. The third kappa shape index (κ3) is 2.62. The molecular formula is C17H18N2O3. The van der Waals surface area contributed by atoms with Gasteiger partial charge < -0.3 is 14.4 Å². The monoisotopic (exact) mass is 298 g/mol. The van der Waals surface area contributed by atoms with Crippen LogP contribution in [-0.4, -0.2) is 25.0 Å². The zero-order valence-corrected chi connectivity index (χ0v) is 12.9. The highest BCUT2D eigenvalue weighted by molar-refractivity contribution is 5.73. The van der Waals surface area contributed by atoms with Gasteiger partial charge in [0.25, 0.3) is 0 Å². The molecule has 1 aromatic carbocycles. The van der Waals surface area contributed by atoms with Crippen LogP contribution in [0.5, 0.6) is 17.4 Å². The molecule has 0 atom stereocenters. The number of fused-ring (bicyclic) bond motifs is 1. The molecule has 2 heterocycles. The van der Waals surface area contributed by atoms with Crippen molar-refractivity contribution in [3.8, 4) is 17.4 Å². The van der Waals surface area contributed by atoms with E-state index in [-0.39, 0.29) is 5.41 Å². The Labute approximate surface area is 129 Å². The van der Waals surface area contributed by atoms with E-state index in [9.17, 15) is 4.79 Å². The Morgan fingerprint density at radius 1 is 1.32 bits per heavy atom. The lowest BCUT2D eigenvalue weighted by Crippen LogP contribution is -2.18. The van der Waals surface area contributed by atoms with E-state index in [2.05, 4.69) is 18.8 Å². The lowest BCUT2D eigenvalue weighted by molar-refractivity contribution is -0.107. The van der Waals surface area contributed by atoms with Gasteiger partial charge in [0.05, 0.1) is 18.5 Å². The summed E-state index contributed by atoms with van der Waals surface area (Å²) in [7, 11) is 1.67. The number of aromatic nitrogens is 1. The molecule has 5 heteroatoms. The fraction of sp³-hybridized carbons (Fsp3) is 0.294. The molecule has 3 rings (SSSR count). The summed E-state index contributed by atoms with van der Waals surface area (Å²) >= 11 is 0. The minimum atomic E-state index is -0.0152. The summed E-state index contributed by atoms with van der Waals surface area (Å²) in [5, 5.41) is 0. The topological polar surface area (TPSA) is 51.7 Å². The molecule has 0 fully saturated rings. The molecule has 1 aromatic heterocycles. The molecule has 22 heavy (non-hydrogen) atoms. The van der Waals surface area contributed by atoms with Crippen molar-refractivity contribution in [2.45, 2.75) is 19.3 Å². The molecule has 0 saturated carbocycles. The number of benzene rings is 1. The van der Waals surface area contributed by atoms with Crippen LogP contribution in [0.4, 0.5) is 5.69 Å². The molecular weight excluding hydrogens is 280 g/mol. The average molecular weight is 298 g/mol. The van der Waals surface area contributed by atoms with Crippen LogP contribution >= 0.6 is 0 Å². The molecule has 1 aliphatic rings.